The summed E-state index contributed by atoms with van der Waals surface area (Å²) in [6.45, 7) is 2.93. The normalized spacial score (nSPS) is 13.2. The van der Waals surface area contributed by atoms with Gasteiger partial charge in [0.1, 0.15) is 0 Å². The van der Waals surface area contributed by atoms with Gasteiger partial charge in [0.15, 0.2) is 0 Å². The van der Waals surface area contributed by atoms with E-state index in [9.17, 15) is 4.79 Å². The fourth-order valence-corrected chi connectivity index (χ4v) is 3.45. The first-order chi connectivity index (χ1) is 14.2. The Labute approximate surface area is 171 Å². The topological polar surface area (TPSA) is 41.1 Å². The van der Waals surface area contributed by atoms with Crippen LogP contribution in [0.25, 0.3) is 17.8 Å². The molecule has 0 fully saturated rings. The SMILES string of the molecule is Cc1ccc(C(=O)Nc2cccc(/C=C/c3ccccc3)c2C2=CCCN2)cc1. The molecular weight excluding hydrogens is 356 g/mol. The van der Waals surface area contributed by atoms with Crippen LogP contribution in [0.4, 0.5) is 5.69 Å². The van der Waals surface area contributed by atoms with E-state index in [1.807, 2.05) is 61.5 Å². The second-order valence-electron chi connectivity index (χ2n) is 7.17. The molecule has 3 aromatic rings. The average Bonchev–Trinajstić information content (AvgIpc) is 3.28. The van der Waals surface area contributed by atoms with Crippen molar-refractivity contribution in [2.24, 2.45) is 0 Å². The van der Waals surface area contributed by atoms with E-state index in [1.54, 1.807) is 0 Å². The van der Waals surface area contributed by atoms with Crippen LogP contribution in [-0.2, 0) is 0 Å². The molecule has 0 bridgehead atoms. The number of hydrogen-bond acceptors (Lipinski definition) is 2. The lowest BCUT2D eigenvalue weighted by Gasteiger charge is -2.16. The Morgan fingerprint density at radius 1 is 0.931 bits per heavy atom. The number of amides is 1. The molecule has 1 aliphatic rings. The Balaban J connectivity index is 1.69. The first-order valence-corrected chi connectivity index (χ1v) is 9.89. The lowest BCUT2D eigenvalue weighted by Crippen LogP contribution is -2.15. The summed E-state index contributed by atoms with van der Waals surface area (Å²) in [4.78, 5) is 12.8. The van der Waals surface area contributed by atoms with Crippen molar-refractivity contribution in [1.29, 1.82) is 0 Å². The first kappa shape index (κ1) is 18.8. The van der Waals surface area contributed by atoms with Crippen molar-refractivity contribution >= 4 is 29.4 Å². The van der Waals surface area contributed by atoms with Crippen LogP contribution in [0.3, 0.4) is 0 Å². The summed E-state index contributed by atoms with van der Waals surface area (Å²) in [6, 6.07) is 23.9. The minimum Gasteiger partial charge on any atom is -0.384 e. The van der Waals surface area contributed by atoms with Crippen LogP contribution in [0.2, 0.25) is 0 Å². The minimum atomic E-state index is -0.103. The van der Waals surface area contributed by atoms with Crippen LogP contribution in [0.1, 0.15) is 39.0 Å². The highest BCUT2D eigenvalue weighted by Gasteiger charge is 2.16. The molecule has 1 amide bonds. The van der Waals surface area contributed by atoms with Crippen LogP contribution in [0.5, 0.6) is 0 Å². The van der Waals surface area contributed by atoms with Gasteiger partial charge in [-0.15, -0.1) is 0 Å². The maximum atomic E-state index is 12.8. The third-order valence-electron chi connectivity index (χ3n) is 4.99. The zero-order valence-electron chi connectivity index (χ0n) is 16.5. The fraction of sp³-hybridized carbons (Fsp3) is 0.115. The molecule has 1 heterocycles. The van der Waals surface area contributed by atoms with E-state index in [4.69, 9.17) is 0 Å². The highest BCUT2D eigenvalue weighted by Crippen LogP contribution is 2.30. The quantitative estimate of drug-likeness (QED) is 0.553. The maximum Gasteiger partial charge on any atom is 0.255 e. The molecule has 0 unspecified atom stereocenters. The smallest absolute Gasteiger partial charge is 0.255 e. The Morgan fingerprint density at radius 3 is 2.45 bits per heavy atom. The average molecular weight is 380 g/mol. The highest BCUT2D eigenvalue weighted by atomic mass is 16.1. The van der Waals surface area contributed by atoms with Crippen molar-refractivity contribution in [3.05, 3.63) is 107 Å². The minimum absolute atomic E-state index is 0.103. The van der Waals surface area contributed by atoms with Gasteiger partial charge < -0.3 is 10.6 Å². The van der Waals surface area contributed by atoms with Crippen LogP contribution in [0, 0.1) is 6.92 Å². The highest BCUT2D eigenvalue weighted by molar-refractivity contribution is 6.06. The Morgan fingerprint density at radius 2 is 1.72 bits per heavy atom. The van der Waals surface area contributed by atoms with Gasteiger partial charge in [-0.3, -0.25) is 4.79 Å². The van der Waals surface area contributed by atoms with Gasteiger partial charge in [0.25, 0.3) is 5.91 Å². The van der Waals surface area contributed by atoms with Crippen molar-refractivity contribution < 1.29 is 4.79 Å². The predicted octanol–water partition coefficient (Wildman–Crippen LogP) is 5.75. The maximum absolute atomic E-state index is 12.8. The molecule has 0 atom stereocenters. The van der Waals surface area contributed by atoms with Gasteiger partial charge in [0.2, 0.25) is 0 Å². The summed E-state index contributed by atoms with van der Waals surface area (Å²) in [5.74, 6) is -0.103. The van der Waals surface area contributed by atoms with Gasteiger partial charge in [-0.1, -0.05) is 78.4 Å². The zero-order chi connectivity index (χ0) is 20.1. The van der Waals surface area contributed by atoms with Crippen LogP contribution < -0.4 is 10.6 Å². The van der Waals surface area contributed by atoms with E-state index in [2.05, 4.69) is 47.1 Å². The molecule has 0 aromatic heterocycles. The molecule has 0 saturated heterocycles. The summed E-state index contributed by atoms with van der Waals surface area (Å²) in [7, 11) is 0. The van der Waals surface area contributed by atoms with Gasteiger partial charge in [0, 0.05) is 23.4 Å². The number of anilines is 1. The molecule has 29 heavy (non-hydrogen) atoms. The number of carbonyl (C=O) groups is 1. The van der Waals surface area contributed by atoms with E-state index in [1.165, 1.54) is 0 Å². The van der Waals surface area contributed by atoms with E-state index < -0.39 is 0 Å². The Bertz CT molecular complexity index is 1060. The van der Waals surface area contributed by atoms with E-state index in [-0.39, 0.29) is 5.91 Å². The number of benzene rings is 3. The zero-order valence-corrected chi connectivity index (χ0v) is 16.5. The molecule has 1 aliphatic heterocycles. The summed E-state index contributed by atoms with van der Waals surface area (Å²) in [5.41, 5.74) is 6.90. The molecule has 3 nitrogen and oxygen atoms in total. The molecule has 0 spiro atoms. The van der Waals surface area contributed by atoms with Gasteiger partial charge in [0.05, 0.1) is 5.69 Å². The monoisotopic (exact) mass is 380 g/mol. The van der Waals surface area contributed by atoms with E-state index in [0.717, 1.165) is 46.6 Å². The molecule has 4 rings (SSSR count). The molecule has 3 aromatic carbocycles. The summed E-state index contributed by atoms with van der Waals surface area (Å²) >= 11 is 0. The fourth-order valence-electron chi connectivity index (χ4n) is 3.45. The summed E-state index contributed by atoms with van der Waals surface area (Å²) in [5, 5.41) is 6.56. The second kappa shape index (κ2) is 8.61. The lowest BCUT2D eigenvalue weighted by molar-refractivity contribution is 0.102. The molecule has 144 valence electrons. The number of carbonyl (C=O) groups excluding carboxylic acids is 1. The molecule has 0 saturated carbocycles. The van der Waals surface area contributed by atoms with Gasteiger partial charge in [-0.2, -0.15) is 0 Å². The third-order valence-corrected chi connectivity index (χ3v) is 4.99. The predicted molar refractivity (Wildman–Crippen MR) is 122 cm³/mol. The van der Waals surface area contributed by atoms with Gasteiger partial charge in [-0.25, -0.2) is 0 Å². The third kappa shape index (κ3) is 4.46. The van der Waals surface area contributed by atoms with Crippen molar-refractivity contribution in [3.63, 3.8) is 0 Å². The number of hydrogen-bond donors (Lipinski definition) is 2. The molecule has 0 radical (unpaired) electrons. The number of rotatable bonds is 5. The summed E-state index contributed by atoms with van der Waals surface area (Å²) in [6.07, 6.45) is 7.38. The van der Waals surface area contributed by atoms with Crippen LogP contribution in [0.15, 0.2) is 78.9 Å². The Hall–Kier alpha value is -3.59. The molecule has 0 aliphatic carbocycles. The number of nitrogens with one attached hydrogen (secondary N) is 2. The van der Waals surface area contributed by atoms with Crippen molar-refractivity contribution in [2.45, 2.75) is 13.3 Å². The number of aryl methyl sites for hydroxylation is 1. The van der Waals surface area contributed by atoms with Crippen molar-refractivity contribution in [2.75, 3.05) is 11.9 Å². The molecular formula is C26H24N2O. The summed E-state index contributed by atoms with van der Waals surface area (Å²) < 4.78 is 0. The lowest BCUT2D eigenvalue weighted by atomic mass is 10.00. The Kier molecular flexibility index (Phi) is 5.57. The van der Waals surface area contributed by atoms with Gasteiger partial charge >= 0.3 is 0 Å². The van der Waals surface area contributed by atoms with Gasteiger partial charge in [-0.05, 0) is 42.7 Å². The molecule has 3 heteroatoms. The second-order valence-corrected chi connectivity index (χ2v) is 7.17. The van der Waals surface area contributed by atoms with Crippen molar-refractivity contribution in [1.82, 2.24) is 5.32 Å². The molecule has 2 N–H and O–H groups in total. The largest absolute Gasteiger partial charge is 0.384 e. The van der Waals surface area contributed by atoms with E-state index >= 15 is 0 Å². The van der Waals surface area contributed by atoms with Crippen molar-refractivity contribution in [3.8, 4) is 0 Å². The van der Waals surface area contributed by atoms with E-state index in [0.29, 0.717) is 5.56 Å². The first-order valence-electron chi connectivity index (χ1n) is 9.89. The standard InChI is InChI=1S/C26H24N2O/c1-19-12-15-22(16-13-19)26(29)28-24-10-5-9-21(25(24)23-11-6-18-27-23)17-14-20-7-3-2-4-8-20/h2-5,7-17,27H,6,18H2,1H3,(H,28,29)/b17-14+. The van der Waals surface area contributed by atoms with Crippen LogP contribution in [-0.4, -0.2) is 12.5 Å². The van der Waals surface area contributed by atoms with Crippen LogP contribution >= 0.6 is 0 Å².